The lowest BCUT2D eigenvalue weighted by atomic mass is 10.2. The van der Waals surface area contributed by atoms with Crippen molar-refractivity contribution in [3.05, 3.63) is 24.3 Å². The van der Waals surface area contributed by atoms with Gasteiger partial charge in [-0.3, -0.25) is 0 Å². The fourth-order valence-electron chi connectivity index (χ4n) is 1.73. The highest BCUT2D eigenvalue weighted by Crippen LogP contribution is 2.20. The Hall–Kier alpha value is -1.23. The van der Waals surface area contributed by atoms with Gasteiger partial charge in [-0.05, 0) is 30.7 Å². The van der Waals surface area contributed by atoms with Gasteiger partial charge in [0.15, 0.2) is 9.84 Å². The minimum atomic E-state index is -2.90. The van der Waals surface area contributed by atoms with Gasteiger partial charge in [-0.1, -0.05) is 0 Å². The van der Waals surface area contributed by atoms with E-state index in [1.165, 1.54) is 0 Å². The SMILES string of the molecule is Nc1ccc(N2CCCS(=O)(=O)C2)cc1. The molecule has 0 saturated carbocycles. The molecule has 0 bridgehead atoms. The molecule has 1 fully saturated rings. The Morgan fingerprint density at radius 3 is 2.47 bits per heavy atom. The van der Waals surface area contributed by atoms with Crippen LogP contribution in [-0.4, -0.2) is 26.6 Å². The second kappa shape index (κ2) is 3.73. The summed E-state index contributed by atoms with van der Waals surface area (Å²) in [6.07, 6.45) is 0.701. The van der Waals surface area contributed by atoms with Gasteiger partial charge in [0.1, 0.15) is 5.88 Å². The monoisotopic (exact) mass is 226 g/mol. The summed E-state index contributed by atoms with van der Waals surface area (Å²) in [5.74, 6) is 0.426. The molecular weight excluding hydrogens is 212 g/mol. The summed E-state index contributed by atoms with van der Waals surface area (Å²) in [6.45, 7) is 0.795. The Kier molecular flexibility index (Phi) is 2.56. The van der Waals surface area contributed by atoms with E-state index in [0.717, 1.165) is 12.2 Å². The van der Waals surface area contributed by atoms with E-state index < -0.39 is 9.84 Å². The third-order valence-electron chi connectivity index (χ3n) is 2.49. The zero-order valence-corrected chi connectivity index (χ0v) is 9.20. The summed E-state index contributed by atoms with van der Waals surface area (Å²) in [4.78, 5) is 1.87. The molecule has 0 radical (unpaired) electrons. The molecule has 5 heteroatoms. The molecule has 0 atom stereocenters. The number of anilines is 2. The van der Waals surface area contributed by atoms with Crippen LogP contribution in [0.25, 0.3) is 0 Å². The first-order valence-corrected chi connectivity index (χ1v) is 6.70. The Balaban J connectivity index is 2.21. The molecular formula is C10H14N2O2S. The molecule has 0 spiro atoms. The first-order valence-electron chi connectivity index (χ1n) is 4.88. The second-order valence-corrected chi connectivity index (χ2v) is 5.94. The highest BCUT2D eigenvalue weighted by molar-refractivity contribution is 7.91. The van der Waals surface area contributed by atoms with E-state index in [9.17, 15) is 8.42 Å². The van der Waals surface area contributed by atoms with Gasteiger partial charge in [0, 0.05) is 17.9 Å². The Morgan fingerprint density at radius 2 is 1.87 bits per heavy atom. The van der Waals surface area contributed by atoms with Gasteiger partial charge >= 0.3 is 0 Å². The standard InChI is InChI=1S/C10H14N2O2S/c11-9-2-4-10(5-3-9)12-6-1-7-15(13,14)8-12/h2-5H,1,6-8,11H2. The predicted octanol–water partition coefficient (Wildman–Crippen LogP) is 0.851. The van der Waals surface area contributed by atoms with Crippen molar-refractivity contribution in [2.45, 2.75) is 6.42 Å². The number of benzene rings is 1. The fraction of sp³-hybridized carbons (Fsp3) is 0.400. The zero-order valence-electron chi connectivity index (χ0n) is 8.39. The maximum atomic E-state index is 11.4. The van der Waals surface area contributed by atoms with Crippen molar-refractivity contribution in [3.8, 4) is 0 Å². The van der Waals surface area contributed by atoms with Crippen LogP contribution in [0.4, 0.5) is 11.4 Å². The average Bonchev–Trinajstić information content (AvgIpc) is 2.17. The number of rotatable bonds is 1. The van der Waals surface area contributed by atoms with E-state index in [1.54, 1.807) is 12.1 Å². The quantitative estimate of drug-likeness (QED) is 0.721. The third kappa shape index (κ3) is 2.41. The molecule has 4 nitrogen and oxygen atoms in total. The molecule has 1 heterocycles. The van der Waals surface area contributed by atoms with E-state index >= 15 is 0 Å². The van der Waals surface area contributed by atoms with E-state index in [1.807, 2.05) is 17.0 Å². The Labute approximate surface area is 89.6 Å². The van der Waals surface area contributed by atoms with Crippen LogP contribution in [0.1, 0.15) is 6.42 Å². The summed E-state index contributed by atoms with van der Waals surface area (Å²) in [6, 6.07) is 7.29. The number of hydrogen-bond acceptors (Lipinski definition) is 4. The molecule has 15 heavy (non-hydrogen) atoms. The van der Waals surface area contributed by atoms with Crippen LogP contribution in [0.2, 0.25) is 0 Å². The van der Waals surface area contributed by atoms with Crippen LogP contribution in [0.5, 0.6) is 0 Å². The fourth-order valence-corrected chi connectivity index (χ4v) is 3.18. The molecule has 1 saturated heterocycles. The number of sulfone groups is 1. The Bertz CT molecular complexity index is 439. The second-order valence-electron chi connectivity index (χ2n) is 3.79. The van der Waals surface area contributed by atoms with Crippen molar-refractivity contribution in [2.24, 2.45) is 0 Å². The molecule has 0 aliphatic carbocycles. The van der Waals surface area contributed by atoms with E-state index in [0.29, 0.717) is 17.9 Å². The molecule has 2 N–H and O–H groups in total. The van der Waals surface area contributed by atoms with Crippen molar-refractivity contribution in [2.75, 3.05) is 28.8 Å². The lowest BCUT2D eigenvalue weighted by molar-refractivity contribution is 0.581. The molecule has 1 aliphatic rings. The largest absolute Gasteiger partial charge is 0.399 e. The smallest absolute Gasteiger partial charge is 0.168 e. The molecule has 1 aromatic rings. The molecule has 1 aromatic carbocycles. The number of nitrogens with two attached hydrogens (primary N) is 1. The molecule has 2 rings (SSSR count). The van der Waals surface area contributed by atoms with Crippen LogP contribution in [0.15, 0.2) is 24.3 Å². The lowest BCUT2D eigenvalue weighted by Gasteiger charge is -2.28. The van der Waals surface area contributed by atoms with Gasteiger partial charge in [0.05, 0.1) is 5.75 Å². The highest BCUT2D eigenvalue weighted by Gasteiger charge is 2.22. The topological polar surface area (TPSA) is 63.4 Å². The number of nitrogen functional groups attached to an aromatic ring is 1. The zero-order chi connectivity index (χ0) is 10.9. The van der Waals surface area contributed by atoms with Crippen molar-refractivity contribution in [1.29, 1.82) is 0 Å². The van der Waals surface area contributed by atoms with Gasteiger partial charge in [-0.25, -0.2) is 8.42 Å². The average molecular weight is 226 g/mol. The summed E-state index contributed by atoms with van der Waals surface area (Å²) in [5, 5.41) is 0. The van der Waals surface area contributed by atoms with Gasteiger partial charge in [-0.15, -0.1) is 0 Å². The number of hydrogen-bond donors (Lipinski definition) is 1. The maximum absolute atomic E-state index is 11.4. The van der Waals surface area contributed by atoms with Gasteiger partial charge in [-0.2, -0.15) is 0 Å². The van der Waals surface area contributed by atoms with Crippen molar-refractivity contribution in [1.82, 2.24) is 0 Å². The summed E-state index contributed by atoms with van der Waals surface area (Å²) < 4.78 is 22.9. The molecule has 0 amide bonds. The predicted molar refractivity (Wildman–Crippen MR) is 61.5 cm³/mol. The molecule has 0 aromatic heterocycles. The van der Waals surface area contributed by atoms with Crippen molar-refractivity contribution in [3.63, 3.8) is 0 Å². The van der Waals surface area contributed by atoms with E-state index in [4.69, 9.17) is 5.73 Å². The lowest BCUT2D eigenvalue weighted by Crippen LogP contribution is -2.37. The minimum Gasteiger partial charge on any atom is -0.399 e. The van der Waals surface area contributed by atoms with E-state index in [2.05, 4.69) is 0 Å². The minimum absolute atomic E-state index is 0.122. The van der Waals surface area contributed by atoms with Crippen molar-refractivity contribution >= 4 is 21.2 Å². The summed E-state index contributed by atoms with van der Waals surface area (Å²) >= 11 is 0. The maximum Gasteiger partial charge on any atom is 0.168 e. The van der Waals surface area contributed by atoms with Crippen molar-refractivity contribution < 1.29 is 8.42 Å². The molecule has 82 valence electrons. The number of nitrogens with zero attached hydrogens (tertiary/aromatic N) is 1. The van der Waals surface area contributed by atoms with Crippen LogP contribution in [0.3, 0.4) is 0 Å². The first-order chi connectivity index (χ1) is 7.07. The molecule has 1 aliphatic heterocycles. The van der Waals surface area contributed by atoms with Crippen LogP contribution in [0, 0.1) is 0 Å². The third-order valence-corrected chi connectivity index (χ3v) is 4.11. The normalized spacial score (nSPS) is 20.1. The van der Waals surface area contributed by atoms with Crippen LogP contribution >= 0.6 is 0 Å². The molecule has 0 unspecified atom stereocenters. The van der Waals surface area contributed by atoms with Crippen LogP contribution in [-0.2, 0) is 9.84 Å². The van der Waals surface area contributed by atoms with E-state index in [-0.39, 0.29) is 5.88 Å². The Morgan fingerprint density at radius 1 is 1.20 bits per heavy atom. The first kappa shape index (κ1) is 10.3. The van der Waals surface area contributed by atoms with Crippen LogP contribution < -0.4 is 10.6 Å². The van der Waals surface area contributed by atoms with Gasteiger partial charge in [0.25, 0.3) is 0 Å². The van der Waals surface area contributed by atoms with Gasteiger partial charge in [0.2, 0.25) is 0 Å². The summed E-state index contributed by atoms with van der Waals surface area (Å²) in [7, 11) is -2.90. The highest BCUT2D eigenvalue weighted by atomic mass is 32.2. The van der Waals surface area contributed by atoms with Gasteiger partial charge < -0.3 is 10.6 Å². The summed E-state index contributed by atoms with van der Waals surface area (Å²) in [5.41, 5.74) is 7.19.